The van der Waals surface area contributed by atoms with Gasteiger partial charge in [0, 0.05) is 45.9 Å². The van der Waals surface area contributed by atoms with Crippen molar-refractivity contribution in [3.63, 3.8) is 0 Å². The van der Waals surface area contributed by atoms with E-state index in [1.165, 1.54) is 18.9 Å². The van der Waals surface area contributed by atoms with E-state index in [1.807, 2.05) is 13.0 Å². The fourth-order valence-corrected chi connectivity index (χ4v) is 4.72. The van der Waals surface area contributed by atoms with Crippen LogP contribution in [0.25, 0.3) is 0 Å². The van der Waals surface area contributed by atoms with Crippen molar-refractivity contribution in [3.05, 3.63) is 24.3 Å². The van der Waals surface area contributed by atoms with Crippen molar-refractivity contribution in [2.45, 2.75) is 83.3 Å². The number of likely N-dealkylation sites (tertiary alicyclic amines) is 1. The smallest absolute Gasteiger partial charge is 0.246 e. The van der Waals surface area contributed by atoms with Crippen LogP contribution in [-0.4, -0.2) is 85.8 Å². The number of carbonyl (C=O) groups excluding carboxylic acids is 5. The maximum atomic E-state index is 13.8. The quantitative estimate of drug-likeness (QED) is 0.125. The second kappa shape index (κ2) is 18.9. The molecule has 0 bridgehead atoms. The average Bonchev–Trinajstić information content (AvgIpc) is 3.43. The van der Waals surface area contributed by atoms with Crippen molar-refractivity contribution in [3.8, 4) is 0 Å². The summed E-state index contributed by atoms with van der Waals surface area (Å²) in [6.07, 6.45) is 7.08. The first-order valence-corrected chi connectivity index (χ1v) is 14.2. The number of nitrogens with one attached hydrogen (secondary N) is 4. The third kappa shape index (κ3) is 11.9. The zero-order valence-corrected chi connectivity index (χ0v) is 24.3. The van der Waals surface area contributed by atoms with Crippen LogP contribution in [-0.2, 0) is 24.0 Å². The Labute approximate surface area is 238 Å². The van der Waals surface area contributed by atoms with Crippen LogP contribution < -0.4 is 32.7 Å². The zero-order valence-electron chi connectivity index (χ0n) is 24.3. The molecule has 12 nitrogen and oxygen atoms in total. The van der Waals surface area contributed by atoms with Gasteiger partial charge in [0.25, 0.3) is 0 Å². The van der Waals surface area contributed by atoms with Gasteiger partial charge in [-0.05, 0) is 58.5 Å². The maximum absolute atomic E-state index is 13.8. The highest BCUT2D eigenvalue weighted by Gasteiger charge is 2.39. The van der Waals surface area contributed by atoms with Gasteiger partial charge in [-0.3, -0.25) is 24.0 Å². The fourth-order valence-electron chi connectivity index (χ4n) is 4.72. The normalized spacial score (nSPS) is 17.4. The number of carbonyl (C=O) groups is 5. The van der Waals surface area contributed by atoms with E-state index < -0.39 is 24.0 Å². The lowest BCUT2D eigenvalue weighted by atomic mass is 9.99. The standard InChI is InChI=1S/C28H49N7O5/c1-5-20(6-2)16-23(34-26(38)21(10-7-13-29)18-32-19(3)36)28(40)35-15-9-12-24(35)27(39)33-22(11-8-14-30)17-25(37)31-4/h5-6,21-24H,1,7-18,29-30H2,2-4H3,(H,31,37)(H,32,36)(H,33,39)(H,34,38). The molecule has 4 unspecified atom stereocenters. The number of allylic oxidation sites excluding steroid dienone is 2. The Hall–Kier alpha value is -3.25. The summed E-state index contributed by atoms with van der Waals surface area (Å²) in [6.45, 7) is 8.32. The number of hydrogen-bond acceptors (Lipinski definition) is 7. The van der Waals surface area contributed by atoms with Crippen molar-refractivity contribution >= 4 is 29.5 Å². The van der Waals surface area contributed by atoms with E-state index in [9.17, 15) is 24.0 Å². The van der Waals surface area contributed by atoms with Crippen molar-refractivity contribution in [2.75, 3.05) is 33.2 Å². The van der Waals surface area contributed by atoms with Crippen molar-refractivity contribution in [2.24, 2.45) is 17.4 Å². The molecule has 226 valence electrons. The van der Waals surface area contributed by atoms with E-state index in [0.717, 1.165) is 5.57 Å². The molecule has 0 aromatic carbocycles. The lowest BCUT2D eigenvalue weighted by Gasteiger charge is -2.31. The van der Waals surface area contributed by atoms with Crippen LogP contribution >= 0.6 is 0 Å². The fraction of sp³-hybridized carbons (Fsp3) is 0.679. The molecular weight excluding hydrogens is 514 g/mol. The van der Waals surface area contributed by atoms with Crippen LogP contribution in [0, 0.1) is 5.92 Å². The first-order chi connectivity index (χ1) is 19.1. The molecule has 12 heteroatoms. The Kier molecular flexibility index (Phi) is 16.5. The van der Waals surface area contributed by atoms with Crippen LogP contribution in [0.5, 0.6) is 0 Å². The molecule has 1 saturated heterocycles. The summed E-state index contributed by atoms with van der Waals surface area (Å²) in [5.74, 6) is -2.08. The molecule has 8 N–H and O–H groups in total. The summed E-state index contributed by atoms with van der Waals surface area (Å²) in [6, 6.07) is -2.06. The first kappa shape index (κ1) is 34.8. The highest BCUT2D eigenvalue weighted by Crippen LogP contribution is 2.22. The van der Waals surface area contributed by atoms with Crippen LogP contribution in [0.2, 0.25) is 0 Å². The molecule has 1 heterocycles. The Bertz CT molecular complexity index is 907. The topological polar surface area (TPSA) is 189 Å². The predicted octanol–water partition coefficient (Wildman–Crippen LogP) is -0.164. The number of amides is 5. The van der Waals surface area contributed by atoms with E-state index in [1.54, 1.807) is 6.08 Å². The van der Waals surface area contributed by atoms with E-state index in [4.69, 9.17) is 11.5 Å². The number of hydrogen-bond donors (Lipinski definition) is 6. The van der Waals surface area contributed by atoms with E-state index in [2.05, 4.69) is 27.8 Å². The van der Waals surface area contributed by atoms with Gasteiger partial charge >= 0.3 is 0 Å². The van der Waals surface area contributed by atoms with Gasteiger partial charge in [0.05, 0.1) is 5.92 Å². The number of nitrogens with two attached hydrogens (primary N) is 2. The van der Waals surface area contributed by atoms with Gasteiger partial charge in [-0.15, -0.1) is 0 Å². The SMILES string of the molecule is C=CC(=CC)CC(NC(=O)C(CCCN)CNC(C)=O)C(=O)N1CCCC1C(=O)NC(CCCN)CC(=O)NC. The summed E-state index contributed by atoms with van der Waals surface area (Å²) in [7, 11) is 1.54. The highest BCUT2D eigenvalue weighted by atomic mass is 16.2. The summed E-state index contributed by atoms with van der Waals surface area (Å²) in [5.41, 5.74) is 12.0. The van der Waals surface area contributed by atoms with Crippen molar-refractivity contribution < 1.29 is 24.0 Å². The minimum Gasteiger partial charge on any atom is -0.359 e. The molecule has 1 fully saturated rings. The molecule has 0 aliphatic carbocycles. The van der Waals surface area contributed by atoms with Gasteiger partial charge in [-0.25, -0.2) is 0 Å². The number of rotatable bonds is 18. The summed E-state index contributed by atoms with van der Waals surface area (Å²) in [4.78, 5) is 65.4. The van der Waals surface area contributed by atoms with Gasteiger partial charge in [0.1, 0.15) is 12.1 Å². The second-order valence-corrected chi connectivity index (χ2v) is 10.1. The third-order valence-electron chi connectivity index (χ3n) is 7.06. The molecule has 0 spiro atoms. The summed E-state index contributed by atoms with van der Waals surface area (Å²) < 4.78 is 0. The molecule has 0 aromatic heterocycles. The van der Waals surface area contributed by atoms with Crippen LogP contribution in [0.1, 0.15) is 65.2 Å². The van der Waals surface area contributed by atoms with E-state index in [0.29, 0.717) is 58.2 Å². The third-order valence-corrected chi connectivity index (χ3v) is 7.06. The molecule has 0 aromatic rings. The zero-order chi connectivity index (χ0) is 30.1. The van der Waals surface area contributed by atoms with Crippen molar-refractivity contribution in [1.82, 2.24) is 26.2 Å². The monoisotopic (exact) mass is 563 g/mol. The lowest BCUT2D eigenvalue weighted by Crippen LogP contribution is -2.55. The van der Waals surface area contributed by atoms with E-state index in [-0.39, 0.29) is 48.9 Å². The molecule has 0 saturated carbocycles. The minimum atomic E-state index is -0.929. The molecule has 1 aliphatic rings. The largest absolute Gasteiger partial charge is 0.359 e. The van der Waals surface area contributed by atoms with Crippen molar-refractivity contribution in [1.29, 1.82) is 0 Å². The maximum Gasteiger partial charge on any atom is 0.246 e. The van der Waals surface area contributed by atoms with Crippen LogP contribution in [0.15, 0.2) is 24.3 Å². The Morgan fingerprint density at radius 1 is 1.05 bits per heavy atom. The predicted molar refractivity (Wildman–Crippen MR) is 155 cm³/mol. The molecule has 40 heavy (non-hydrogen) atoms. The van der Waals surface area contributed by atoms with E-state index >= 15 is 0 Å². The molecular formula is C28H49N7O5. The second-order valence-electron chi connectivity index (χ2n) is 10.1. The minimum absolute atomic E-state index is 0.115. The molecule has 1 rings (SSSR count). The van der Waals surface area contributed by atoms with Gasteiger partial charge < -0.3 is 37.6 Å². The molecule has 1 aliphatic heterocycles. The van der Waals surface area contributed by atoms with Gasteiger partial charge in [-0.1, -0.05) is 24.3 Å². The highest BCUT2D eigenvalue weighted by molar-refractivity contribution is 5.93. The van der Waals surface area contributed by atoms with Gasteiger partial charge in [-0.2, -0.15) is 0 Å². The Morgan fingerprint density at radius 2 is 1.73 bits per heavy atom. The van der Waals surface area contributed by atoms with Gasteiger partial charge in [0.15, 0.2) is 0 Å². The summed E-state index contributed by atoms with van der Waals surface area (Å²) >= 11 is 0. The average molecular weight is 564 g/mol. The molecule has 5 amide bonds. The van der Waals surface area contributed by atoms with Crippen LogP contribution in [0.3, 0.4) is 0 Å². The summed E-state index contributed by atoms with van der Waals surface area (Å²) in [5, 5.41) is 11.1. The van der Waals surface area contributed by atoms with Gasteiger partial charge in [0.2, 0.25) is 29.5 Å². The Balaban J connectivity index is 3.13. The number of nitrogens with zero attached hydrogens (tertiary/aromatic N) is 1. The van der Waals surface area contributed by atoms with Crippen LogP contribution in [0.4, 0.5) is 0 Å². The molecule has 0 radical (unpaired) electrons. The first-order valence-electron chi connectivity index (χ1n) is 14.2. The lowest BCUT2D eigenvalue weighted by molar-refractivity contribution is -0.142. The molecule has 4 atom stereocenters. The Morgan fingerprint density at radius 3 is 2.30 bits per heavy atom.